The molecule has 1 aromatic heterocycles. The van der Waals surface area contributed by atoms with E-state index in [-0.39, 0.29) is 11.6 Å². The lowest BCUT2D eigenvalue weighted by Gasteiger charge is -2.15. The number of amides is 1. The average molecular weight is 325 g/mol. The minimum absolute atomic E-state index is 0.111. The van der Waals surface area contributed by atoms with Crippen LogP contribution in [0.1, 0.15) is 12.5 Å². The Hall–Kier alpha value is -2.64. The number of hydrogen-bond acceptors (Lipinski definition) is 3. The minimum Gasteiger partial charge on any atom is -0.350 e. The van der Waals surface area contributed by atoms with Gasteiger partial charge in [0.1, 0.15) is 5.69 Å². The first-order chi connectivity index (χ1) is 10.9. The van der Waals surface area contributed by atoms with Gasteiger partial charge in [0.2, 0.25) is 17.5 Å². The summed E-state index contributed by atoms with van der Waals surface area (Å²) >= 11 is 0. The largest absolute Gasteiger partial charge is 0.350 e. The maximum atomic E-state index is 13.6. The van der Waals surface area contributed by atoms with E-state index >= 15 is 0 Å². The number of carbonyl (C=O) groups is 1. The van der Waals surface area contributed by atoms with Crippen molar-refractivity contribution in [2.75, 3.05) is 16.8 Å². The Morgan fingerprint density at radius 3 is 2.43 bits per heavy atom. The number of nitrogens with zero attached hydrogens (tertiary/aromatic N) is 2. The zero-order valence-corrected chi connectivity index (χ0v) is 12.0. The molecule has 8 heteroatoms. The number of aromatic nitrogens is 1. The van der Waals surface area contributed by atoms with Gasteiger partial charge in [0.15, 0.2) is 0 Å². The molecule has 0 unspecified atom stereocenters. The Morgan fingerprint density at radius 2 is 1.83 bits per heavy atom. The molecular weight excluding hydrogens is 314 g/mol. The summed E-state index contributed by atoms with van der Waals surface area (Å²) < 4.78 is 53.4. The number of hydrogen-bond donors (Lipinski definition) is 1. The zero-order chi connectivity index (χ0) is 16.7. The van der Waals surface area contributed by atoms with Gasteiger partial charge in [0.05, 0.1) is 0 Å². The monoisotopic (exact) mass is 325 g/mol. The third-order valence-electron chi connectivity index (χ3n) is 3.62. The predicted octanol–water partition coefficient (Wildman–Crippen LogP) is 3.29. The molecule has 1 amide bonds. The lowest BCUT2D eigenvalue weighted by Crippen LogP contribution is -2.25. The van der Waals surface area contributed by atoms with E-state index in [1.165, 1.54) is 13.0 Å². The van der Waals surface area contributed by atoms with Gasteiger partial charge in [-0.2, -0.15) is 22.5 Å². The van der Waals surface area contributed by atoms with Crippen molar-refractivity contribution >= 4 is 23.0 Å². The molecule has 2 heterocycles. The maximum Gasteiger partial charge on any atom is 0.253 e. The SMILES string of the molecule is CC(=O)N1CCc2cc(Nc3c(F)c(F)nc(F)c3F)ccc21. The Labute approximate surface area is 128 Å². The molecule has 4 nitrogen and oxygen atoms in total. The maximum absolute atomic E-state index is 13.6. The molecule has 0 saturated heterocycles. The molecule has 0 radical (unpaired) electrons. The molecule has 0 spiro atoms. The summed E-state index contributed by atoms with van der Waals surface area (Å²) in [5.41, 5.74) is 0.797. The summed E-state index contributed by atoms with van der Waals surface area (Å²) in [6, 6.07) is 4.65. The average Bonchev–Trinajstić information content (AvgIpc) is 2.93. The van der Waals surface area contributed by atoms with Crippen molar-refractivity contribution in [2.24, 2.45) is 0 Å². The van der Waals surface area contributed by atoms with Crippen LogP contribution in [0.25, 0.3) is 0 Å². The standard InChI is InChI=1S/C15H11F4N3O/c1-7(23)22-5-4-8-6-9(2-3-10(8)22)20-13-11(16)14(18)21-15(19)12(13)17/h2-3,6H,4-5H2,1H3,(H,20,21). The lowest BCUT2D eigenvalue weighted by atomic mass is 10.1. The molecule has 1 aliphatic heterocycles. The van der Waals surface area contributed by atoms with Crippen molar-refractivity contribution in [3.8, 4) is 0 Å². The highest BCUT2D eigenvalue weighted by Gasteiger charge is 2.24. The molecule has 23 heavy (non-hydrogen) atoms. The first kappa shape index (κ1) is 15.3. The Morgan fingerprint density at radius 1 is 1.17 bits per heavy atom. The molecule has 2 aromatic rings. The van der Waals surface area contributed by atoms with Gasteiger partial charge < -0.3 is 10.2 Å². The highest BCUT2D eigenvalue weighted by molar-refractivity contribution is 5.94. The highest BCUT2D eigenvalue weighted by Crippen LogP contribution is 2.33. The topological polar surface area (TPSA) is 45.2 Å². The van der Waals surface area contributed by atoms with Crippen LogP contribution in [-0.4, -0.2) is 17.4 Å². The Bertz CT molecular complexity index is 784. The molecular formula is C15H11F4N3O. The van der Waals surface area contributed by atoms with Gasteiger partial charge in [-0.15, -0.1) is 0 Å². The van der Waals surface area contributed by atoms with E-state index < -0.39 is 29.2 Å². The van der Waals surface area contributed by atoms with Gasteiger partial charge in [-0.1, -0.05) is 0 Å². The van der Waals surface area contributed by atoms with E-state index in [2.05, 4.69) is 10.3 Å². The van der Waals surface area contributed by atoms with Gasteiger partial charge in [-0.25, -0.2) is 0 Å². The molecule has 1 N–H and O–H groups in total. The minimum atomic E-state index is -1.73. The van der Waals surface area contributed by atoms with Gasteiger partial charge >= 0.3 is 0 Å². The number of anilines is 3. The molecule has 1 aliphatic rings. The highest BCUT2D eigenvalue weighted by atomic mass is 19.2. The number of carbonyl (C=O) groups excluding carboxylic acids is 1. The van der Waals surface area contributed by atoms with Crippen molar-refractivity contribution in [1.82, 2.24) is 4.98 Å². The summed E-state index contributed by atoms with van der Waals surface area (Å²) in [6.45, 7) is 1.95. The molecule has 0 aliphatic carbocycles. The fourth-order valence-corrected chi connectivity index (χ4v) is 2.55. The van der Waals surface area contributed by atoms with E-state index in [1.807, 2.05) is 0 Å². The number of nitrogens with one attached hydrogen (secondary N) is 1. The Balaban J connectivity index is 1.96. The molecule has 0 saturated carbocycles. The Kier molecular flexibility index (Phi) is 3.67. The van der Waals surface area contributed by atoms with E-state index in [9.17, 15) is 22.4 Å². The van der Waals surface area contributed by atoms with Crippen LogP contribution in [0.2, 0.25) is 0 Å². The van der Waals surface area contributed by atoms with Gasteiger partial charge in [-0.3, -0.25) is 4.79 Å². The summed E-state index contributed by atoms with van der Waals surface area (Å²) in [5.74, 6) is -6.77. The molecule has 1 aromatic carbocycles. The van der Waals surface area contributed by atoms with Gasteiger partial charge in [-0.05, 0) is 30.2 Å². The number of rotatable bonds is 2. The molecule has 120 valence electrons. The van der Waals surface area contributed by atoms with Crippen molar-refractivity contribution in [1.29, 1.82) is 0 Å². The zero-order valence-electron chi connectivity index (χ0n) is 12.0. The second kappa shape index (κ2) is 5.53. The van der Waals surface area contributed by atoms with E-state index in [1.54, 1.807) is 17.0 Å². The van der Waals surface area contributed by atoms with Crippen LogP contribution in [0.4, 0.5) is 34.6 Å². The van der Waals surface area contributed by atoms with Gasteiger partial charge in [0.25, 0.3) is 11.9 Å². The van der Waals surface area contributed by atoms with Crippen molar-refractivity contribution in [3.05, 3.63) is 47.3 Å². The second-order valence-corrected chi connectivity index (χ2v) is 5.09. The number of halogens is 4. The van der Waals surface area contributed by atoms with Crippen molar-refractivity contribution in [3.63, 3.8) is 0 Å². The number of benzene rings is 1. The third kappa shape index (κ3) is 2.60. The first-order valence-electron chi connectivity index (χ1n) is 6.76. The van der Waals surface area contributed by atoms with Crippen LogP contribution in [0.15, 0.2) is 18.2 Å². The second-order valence-electron chi connectivity index (χ2n) is 5.09. The molecule has 0 atom stereocenters. The summed E-state index contributed by atoms with van der Waals surface area (Å²) in [7, 11) is 0. The normalized spacial score (nSPS) is 13.2. The number of fused-ring (bicyclic) bond motifs is 1. The van der Waals surface area contributed by atoms with E-state index in [0.29, 0.717) is 18.7 Å². The molecule has 3 rings (SSSR count). The van der Waals surface area contributed by atoms with E-state index in [4.69, 9.17) is 0 Å². The summed E-state index contributed by atoms with van der Waals surface area (Å²) in [5, 5.41) is 2.32. The smallest absolute Gasteiger partial charge is 0.253 e. The summed E-state index contributed by atoms with van der Waals surface area (Å²) in [4.78, 5) is 15.5. The summed E-state index contributed by atoms with van der Waals surface area (Å²) in [6.07, 6.45) is 0.578. The van der Waals surface area contributed by atoms with Crippen LogP contribution < -0.4 is 10.2 Å². The molecule has 0 fully saturated rings. The predicted molar refractivity (Wildman–Crippen MR) is 75.5 cm³/mol. The quantitative estimate of drug-likeness (QED) is 0.681. The van der Waals surface area contributed by atoms with Crippen molar-refractivity contribution in [2.45, 2.75) is 13.3 Å². The molecule has 0 bridgehead atoms. The fourth-order valence-electron chi connectivity index (χ4n) is 2.55. The van der Waals surface area contributed by atoms with Crippen LogP contribution in [0.5, 0.6) is 0 Å². The van der Waals surface area contributed by atoms with E-state index in [0.717, 1.165) is 5.56 Å². The van der Waals surface area contributed by atoms with Crippen LogP contribution >= 0.6 is 0 Å². The first-order valence-corrected chi connectivity index (χ1v) is 6.76. The number of pyridine rings is 1. The van der Waals surface area contributed by atoms with Crippen LogP contribution in [0, 0.1) is 23.5 Å². The third-order valence-corrected chi connectivity index (χ3v) is 3.62. The van der Waals surface area contributed by atoms with Crippen LogP contribution in [-0.2, 0) is 11.2 Å². The van der Waals surface area contributed by atoms with Crippen molar-refractivity contribution < 1.29 is 22.4 Å². The van der Waals surface area contributed by atoms with Crippen LogP contribution in [0.3, 0.4) is 0 Å². The lowest BCUT2D eigenvalue weighted by molar-refractivity contribution is -0.116. The van der Waals surface area contributed by atoms with Gasteiger partial charge in [0, 0.05) is 24.8 Å². The fraction of sp³-hybridized carbons (Fsp3) is 0.200.